The molecule has 0 spiro atoms. The van der Waals surface area contributed by atoms with Crippen molar-refractivity contribution in [3.8, 4) is 5.75 Å². The van der Waals surface area contributed by atoms with E-state index >= 15 is 0 Å². The Kier molecular flexibility index (Phi) is 3.28. The SMILES string of the molecule is Cc1c(O)c2c(n(C)c1=O)CN(C(=O)OC(C)(C)C)C2. The lowest BCUT2D eigenvalue weighted by Crippen LogP contribution is -2.33. The molecule has 110 valence electrons. The van der Waals surface area contributed by atoms with Gasteiger partial charge in [-0.25, -0.2) is 4.79 Å². The second-order valence-corrected chi connectivity index (χ2v) is 6.10. The number of hydrogen-bond acceptors (Lipinski definition) is 4. The van der Waals surface area contributed by atoms with E-state index in [9.17, 15) is 14.7 Å². The first-order valence-electron chi connectivity index (χ1n) is 6.50. The molecule has 20 heavy (non-hydrogen) atoms. The van der Waals surface area contributed by atoms with Crippen LogP contribution in [-0.2, 0) is 24.9 Å². The van der Waals surface area contributed by atoms with E-state index in [1.165, 1.54) is 9.47 Å². The van der Waals surface area contributed by atoms with Gasteiger partial charge in [-0.3, -0.25) is 9.69 Å². The summed E-state index contributed by atoms with van der Waals surface area (Å²) in [7, 11) is 1.65. The summed E-state index contributed by atoms with van der Waals surface area (Å²) in [5, 5.41) is 10.1. The van der Waals surface area contributed by atoms with E-state index in [1.54, 1.807) is 34.7 Å². The molecular formula is C14H20N2O4. The van der Waals surface area contributed by atoms with Gasteiger partial charge < -0.3 is 14.4 Å². The van der Waals surface area contributed by atoms with Crippen molar-refractivity contribution in [2.45, 2.75) is 46.4 Å². The number of carbonyl (C=O) groups excluding carboxylic acids is 1. The summed E-state index contributed by atoms with van der Waals surface area (Å²) in [5.41, 5.74) is 0.763. The van der Waals surface area contributed by atoms with Crippen LogP contribution in [0, 0.1) is 6.92 Å². The second kappa shape index (κ2) is 4.54. The Morgan fingerprint density at radius 1 is 1.30 bits per heavy atom. The summed E-state index contributed by atoms with van der Waals surface area (Å²) in [6.07, 6.45) is -0.446. The van der Waals surface area contributed by atoms with Crippen molar-refractivity contribution in [3.63, 3.8) is 0 Å². The van der Waals surface area contributed by atoms with Crippen LogP contribution in [0.15, 0.2) is 4.79 Å². The Morgan fingerprint density at radius 2 is 1.90 bits per heavy atom. The maximum absolute atomic E-state index is 12.1. The van der Waals surface area contributed by atoms with Gasteiger partial charge in [0.15, 0.2) is 0 Å². The molecule has 0 saturated heterocycles. The molecule has 1 aliphatic rings. The Bertz CT molecular complexity index is 626. The summed E-state index contributed by atoms with van der Waals surface area (Å²) < 4.78 is 6.79. The van der Waals surface area contributed by atoms with E-state index in [2.05, 4.69) is 0 Å². The highest BCUT2D eigenvalue weighted by Crippen LogP contribution is 2.31. The van der Waals surface area contributed by atoms with Crippen LogP contribution >= 0.6 is 0 Å². The van der Waals surface area contributed by atoms with Crippen LogP contribution in [0.1, 0.15) is 37.6 Å². The fraction of sp³-hybridized carbons (Fsp3) is 0.571. The first-order valence-corrected chi connectivity index (χ1v) is 6.50. The first-order chi connectivity index (χ1) is 9.11. The highest BCUT2D eigenvalue weighted by molar-refractivity contribution is 5.69. The van der Waals surface area contributed by atoms with Gasteiger partial charge in [0.05, 0.1) is 18.7 Å². The average molecular weight is 280 g/mol. The summed E-state index contributed by atoms with van der Waals surface area (Å²) in [6.45, 7) is 7.49. The maximum Gasteiger partial charge on any atom is 0.410 e. The first kappa shape index (κ1) is 14.4. The predicted octanol–water partition coefficient (Wildman–Crippen LogP) is 1.65. The Hall–Kier alpha value is -1.98. The third-order valence-corrected chi connectivity index (χ3v) is 3.36. The quantitative estimate of drug-likeness (QED) is 0.784. The standard InChI is InChI=1S/C14H20N2O4/c1-8-11(17)9-6-16(13(19)20-14(2,3)4)7-10(9)15(5)12(8)18/h17H,6-7H2,1-5H3. The van der Waals surface area contributed by atoms with E-state index in [0.717, 1.165) is 0 Å². The molecule has 2 rings (SSSR count). The van der Waals surface area contributed by atoms with Gasteiger partial charge in [0.25, 0.3) is 5.56 Å². The highest BCUT2D eigenvalue weighted by Gasteiger charge is 2.32. The number of aromatic hydroxyl groups is 1. The molecule has 0 saturated carbocycles. The third-order valence-electron chi connectivity index (χ3n) is 3.36. The average Bonchev–Trinajstić information content (AvgIpc) is 2.77. The van der Waals surface area contributed by atoms with Gasteiger partial charge in [0.1, 0.15) is 11.4 Å². The monoisotopic (exact) mass is 280 g/mol. The van der Waals surface area contributed by atoms with Crippen LogP contribution in [0.3, 0.4) is 0 Å². The lowest BCUT2D eigenvalue weighted by atomic mass is 10.1. The number of rotatable bonds is 0. The molecule has 0 unspecified atom stereocenters. The van der Waals surface area contributed by atoms with Gasteiger partial charge in [-0.15, -0.1) is 0 Å². The van der Waals surface area contributed by atoms with Crippen LogP contribution in [-0.4, -0.2) is 26.3 Å². The minimum Gasteiger partial charge on any atom is -0.507 e. The molecule has 0 radical (unpaired) electrons. The number of nitrogens with zero attached hydrogens (tertiary/aromatic N) is 2. The molecule has 6 heteroatoms. The topological polar surface area (TPSA) is 71.8 Å². The molecule has 2 heterocycles. The Labute approximate surface area is 117 Å². The van der Waals surface area contributed by atoms with Gasteiger partial charge in [-0.1, -0.05) is 0 Å². The number of aromatic nitrogens is 1. The Morgan fingerprint density at radius 3 is 2.45 bits per heavy atom. The minimum absolute atomic E-state index is 0.0193. The van der Waals surface area contributed by atoms with Gasteiger partial charge in [0.2, 0.25) is 0 Å². The number of fused-ring (bicyclic) bond motifs is 1. The molecule has 0 aliphatic carbocycles. The smallest absolute Gasteiger partial charge is 0.410 e. The zero-order valence-corrected chi connectivity index (χ0v) is 12.5. The highest BCUT2D eigenvalue weighted by atomic mass is 16.6. The van der Waals surface area contributed by atoms with Crippen LogP contribution in [0.25, 0.3) is 0 Å². The van der Waals surface area contributed by atoms with Crippen LogP contribution in [0.4, 0.5) is 4.79 Å². The third kappa shape index (κ3) is 2.37. The lowest BCUT2D eigenvalue weighted by Gasteiger charge is -2.24. The van der Waals surface area contributed by atoms with E-state index in [1.807, 2.05) is 0 Å². The minimum atomic E-state index is -0.574. The van der Waals surface area contributed by atoms with Gasteiger partial charge in [-0.2, -0.15) is 0 Å². The number of amides is 1. The maximum atomic E-state index is 12.1. The molecule has 1 aliphatic heterocycles. The van der Waals surface area contributed by atoms with E-state index < -0.39 is 11.7 Å². The predicted molar refractivity (Wildman–Crippen MR) is 73.6 cm³/mol. The fourth-order valence-electron chi connectivity index (χ4n) is 2.29. The van der Waals surface area contributed by atoms with Crippen molar-refractivity contribution in [1.82, 2.24) is 9.47 Å². The Balaban J connectivity index is 2.33. The van der Waals surface area contributed by atoms with Crippen molar-refractivity contribution in [2.75, 3.05) is 0 Å². The normalized spacial score (nSPS) is 14.3. The number of hydrogen-bond donors (Lipinski definition) is 1. The molecule has 1 aromatic heterocycles. The van der Waals surface area contributed by atoms with Gasteiger partial charge >= 0.3 is 6.09 Å². The van der Waals surface area contributed by atoms with Crippen LogP contribution in [0.5, 0.6) is 5.75 Å². The van der Waals surface area contributed by atoms with Crippen molar-refractivity contribution in [1.29, 1.82) is 0 Å². The zero-order valence-electron chi connectivity index (χ0n) is 12.5. The molecule has 0 atom stereocenters. The van der Waals surface area contributed by atoms with E-state index in [-0.39, 0.29) is 24.4 Å². The largest absolute Gasteiger partial charge is 0.507 e. The summed E-state index contributed by atoms with van der Waals surface area (Å²) in [5.74, 6) is -0.0193. The number of pyridine rings is 1. The van der Waals surface area contributed by atoms with Crippen molar-refractivity contribution in [3.05, 3.63) is 27.2 Å². The lowest BCUT2D eigenvalue weighted by molar-refractivity contribution is 0.0239. The molecule has 0 aromatic carbocycles. The fourth-order valence-corrected chi connectivity index (χ4v) is 2.29. The zero-order chi connectivity index (χ0) is 15.2. The number of carbonyl (C=O) groups is 1. The van der Waals surface area contributed by atoms with E-state index in [4.69, 9.17) is 4.74 Å². The molecule has 0 bridgehead atoms. The van der Waals surface area contributed by atoms with Crippen LogP contribution < -0.4 is 5.56 Å². The molecule has 6 nitrogen and oxygen atoms in total. The molecule has 1 aromatic rings. The van der Waals surface area contributed by atoms with Crippen molar-refractivity contribution >= 4 is 6.09 Å². The molecule has 1 N–H and O–H groups in total. The molecule has 1 amide bonds. The molecule has 0 fully saturated rings. The van der Waals surface area contributed by atoms with Crippen LogP contribution in [0.2, 0.25) is 0 Å². The summed E-state index contributed by atoms with van der Waals surface area (Å²) in [6, 6.07) is 0. The van der Waals surface area contributed by atoms with Crippen molar-refractivity contribution in [2.24, 2.45) is 7.05 Å². The van der Waals surface area contributed by atoms with Gasteiger partial charge in [0, 0.05) is 18.3 Å². The van der Waals surface area contributed by atoms with Gasteiger partial charge in [-0.05, 0) is 27.7 Å². The summed E-state index contributed by atoms with van der Waals surface area (Å²) >= 11 is 0. The summed E-state index contributed by atoms with van der Waals surface area (Å²) in [4.78, 5) is 25.5. The second-order valence-electron chi connectivity index (χ2n) is 6.10. The molecular weight excluding hydrogens is 260 g/mol. The number of ether oxygens (including phenoxy) is 1. The van der Waals surface area contributed by atoms with E-state index in [0.29, 0.717) is 16.8 Å². The van der Waals surface area contributed by atoms with Crippen molar-refractivity contribution < 1.29 is 14.6 Å².